The quantitative estimate of drug-likeness (QED) is 0.400. The van der Waals surface area contributed by atoms with E-state index in [-0.39, 0.29) is 24.4 Å². The van der Waals surface area contributed by atoms with Crippen LogP contribution in [-0.4, -0.2) is 63.1 Å². The van der Waals surface area contributed by atoms with Gasteiger partial charge in [-0.3, -0.25) is 9.69 Å². The Morgan fingerprint density at radius 1 is 0.950 bits per heavy atom. The van der Waals surface area contributed by atoms with Crippen molar-refractivity contribution in [1.82, 2.24) is 30.1 Å². The summed E-state index contributed by atoms with van der Waals surface area (Å²) in [5, 5.41) is 14.1. The number of aromatic amines is 1. The monoisotopic (exact) mass is 541 g/mol. The van der Waals surface area contributed by atoms with Crippen LogP contribution in [-0.2, 0) is 0 Å². The third-order valence-corrected chi connectivity index (χ3v) is 8.73. The second-order valence-electron chi connectivity index (χ2n) is 11.3. The molecule has 7 rings (SSSR count). The first-order chi connectivity index (χ1) is 19.5. The molecule has 4 aromatic rings. The first-order valence-electron chi connectivity index (χ1n) is 14.4. The molecule has 10 heteroatoms. The molecule has 2 aliphatic heterocycles. The molecule has 1 N–H and O–H groups in total. The van der Waals surface area contributed by atoms with Crippen LogP contribution in [0.4, 0.5) is 5.69 Å². The number of anilines is 1. The molecule has 2 aromatic carbocycles. The Bertz CT molecular complexity index is 1600. The lowest BCUT2D eigenvalue weighted by Gasteiger charge is -2.40. The Morgan fingerprint density at radius 2 is 1.73 bits per heavy atom. The number of nitrogens with zero attached hydrogens (tertiary/aromatic N) is 6. The first-order valence-corrected chi connectivity index (χ1v) is 14.4. The normalized spacial score (nSPS) is 18.9. The fourth-order valence-electron chi connectivity index (χ4n) is 6.56. The maximum absolute atomic E-state index is 13.7. The predicted molar refractivity (Wildman–Crippen MR) is 152 cm³/mol. The minimum atomic E-state index is -0.365. The van der Waals surface area contributed by atoms with E-state index in [9.17, 15) is 4.79 Å². The summed E-state index contributed by atoms with van der Waals surface area (Å²) in [6, 6.07) is 12.3. The van der Waals surface area contributed by atoms with Gasteiger partial charge in [0.2, 0.25) is 6.79 Å². The number of hydrogen-bond donors (Lipinski definition) is 1. The van der Waals surface area contributed by atoms with E-state index in [1.807, 2.05) is 22.9 Å². The van der Waals surface area contributed by atoms with Gasteiger partial charge in [0.05, 0.1) is 11.6 Å². The Hall–Kier alpha value is -3.92. The molecule has 1 aliphatic carbocycles. The zero-order valence-corrected chi connectivity index (χ0v) is 23.1. The van der Waals surface area contributed by atoms with Crippen LogP contribution in [0.25, 0.3) is 10.9 Å². The van der Waals surface area contributed by atoms with Crippen LogP contribution in [0.3, 0.4) is 0 Å². The third kappa shape index (κ3) is 4.50. The Kier molecular flexibility index (Phi) is 6.42. The summed E-state index contributed by atoms with van der Waals surface area (Å²) >= 11 is 0. The molecule has 0 spiro atoms. The molecule has 1 saturated carbocycles. The van der Waals surface area contributed by atoms with E-state index >= 15 is 0 Å². The number of fused-ring (bicyclic) bond motifs is 2. The summed E-state index contributed by atoms with van der Waals surface area (Å²) in [6.45, 7) is 7.78. The van der Waals surface area contributed by atoms with E-state index < -0.39 is 0 Å². The summed E-state index contributed by atoms with van der Waals surface area (Å²) < 4.78 is 13.2. The topological polar surface area (TPSA) is 101 Å². The maximum Gasteiger partial charge on any atom is 0.253 e. The van der Waals surface area contributed by atoms with Crippen LogP contribution >= 0.6 is 0 Å². The highest BCUT2D eigenvalue weighted by molar-refractivity contribution is 5.83. The van der Waals surface area contributed by atoms with Gasteiger partial charge in [-0.15, -0.1) is 5.10 Å². The number of nitrogens with one attached hydrogen (secondary N) is 1. The lowest BCUT2D eigenvalue weighted by Crippen LogP contribution is -2.49. The lowest BCUT2D eigenvalue weighted by atomic mass is 9.95. The number of hydrogen-bond acceptors (Lipinski definition) is 8. The van der Waals surface area contributed by atoms with Gasteiger partial charge in [-0.25, -0.2) is 4.68 Å². The SMILES string of the molecule is Cc1ccc(C)c(N2CCN([C@@H](c3cc4cc5c(cc4[nH]c3=O)OCO5)c3nnnn3C3CCCCC3)CC2)c1. The van der Waals surface area contributed by atoms with Crippen molar-refractivity contribution in [2.45, 2.75) is 58.0 Å². The van der Waals surface area contributed by atoms with Gasteiger partial charge in [0.1, 0.15) is 6.04 Å². The highest BCUT2D eigenvalue weighted by atomic mass is 16.7. The van der Waals surface area contributed by atoms with Gasteiger partial charge >= 0.3 is 0 Å². The molecule has 4 heterocycles. The minimum Gasteiger partial charge on any atom is -0.454 e. The Labute approximate surface area is 232 Å². The average molecular weight is 542 g/mol. The average Bonchev–Trinajstić information content (AvgIpc) is 3.64. The fraction of sp³-hybridized carbons (Fsp3) is 0.467. The van der Waals surface area contributed by atoms with Crippen LogP contribution < -0.4 is 19.9 Å². The first kappa shape index (κ1) is 25.1. The van der Waals surface area contributed by atoms with Gasteiger partial charge in [0.25, 0.3) is 5.56 Å². The molecule has 3 aliphatic rings. The molecule has 1 atom stereocenters. The minimum absolute atomic E-state index is 0.133. The van der Waals surface area contributed by atoms with E-state index in [1.165, 1.54) is 36.1 Å². The van der Waals surface area contributed by atoms with Crippen molar-refractivity contribution in [3.05, 3.63) is 69.3 Å². The van der Waals surface area contributed by atoms with Gasteiger partial charge in [0, 0.05) is 48.9 Å². The van der Waals surface area contributed by atoms with Crippen molar-refractivity contribution < 1.29 is 9.47 Å². The molecule has 0 unspecified atom stereocenters. The number of pyridine rings is 1. The van der Waals surface area contributed by atoms with Gasteiger partial charge in [-0.2, -0.15) is 0 Å². The fourth-order valence-corrected chi connectivity index (χ4v) is 6.56. The van der Waals surface area contributed by atoms with Crippen LogP contribution in [0, 0.1) is 13.8 Å². The zero-order chi connectivity index (χ0) is 27.2. The molecule has 40 heavy (non-hydrogen) atoms. The molecule has 0 bridgehead atoms. The smallest absolute Gasteiger partial charge is 0.253 e. The molecule has 2 fully saturated rings. The molecular formula is C30H35N7O3. The lowest BCUT2D eigenvalue weighted by molar-refractivity contribution is 0.174. The van der Waals surface area contributed by atoms with Crippen molar-refractivity contribution in [3.8, 4) is 11.5 Å². The highest BCUT2D eigenvalue weighted by Crippen LogP contribution is 2.37. The second-order valence-corrected chi connectivity index (χ2v) is 11.3. The number of benzene rings is 2. The zero-order valence-electron chi connectivity index (χ0n) is 23.1. The second kappa shape index (κ2) is 10.2. The number of H-pyrrole nitrogens is 1. The Balaban J connectivity index is 1.28. The van der Waals surface area contributed by atoms with E-state index in [0.29, 0.717) is 17.1 Å². The maximum atomic E-state index is 13.7. The number of tetrazole rings is 1. The van der Waals surface area contributed by atoms with Crippen molar-refractivity contribution in [2.24, 2.45) is 0 Å². The summed E-state index contributed by atoms with van der Waals surface area (Å²) in [5.74, 6) is 2.09. The van der Waals surface area contributed by atoms with Gasteiger partial charge in [-0.1, -0.05) is 31.4 Å². The molecule has 1 saturated heterocycles. The van der Waals surface area contributed by atoms with E-state index in [0.717, 1.165) is 55.7 Å². The standard InChI is InChI=1S/C30H35N7O3/c1-19-8-9-20(2)25(14-19)35-10-12-36(13-11-35)28(29-32-33-34-37(29)22-6-4-3-5-7-22)23-15-21-16-26-27(40-18-39-26)17-24(21)31-30(23)38/h8-9,14-17,22,28H,3-7,10-13,18H2,1-2H3,(H,31,38)/t28-/m0/s1. The molecule has 10 nitrogen and oxygen atoms in total. The van der Waals surface area contributed by atoms with Gasteiger partial charge < -0.3 is 19.4 Å². The van der Waals surface area contributed by atoms with E-state index in [1.54, 1.807) is 0 Å². The van der Waals surface area contributed by atoms with E-state index in [2.05, 4.69) is 62.4 Å². The summed E-state index contributed by atoms with van der Waals surface area (Å²) in [5.41, 5.74) is 5.06. The number of piperazine rings is 1. The molecular weight excluding hydrogens is 506 g/mol. The number of ether oxygens (including phenoxy) is 2. The number of aryl methyl sites for hydroxylation is 2. The number of aromatic nitrogens is 5. The highest BCUT2D eigenvalue weighted by Gasteiger charge is 2.35. The van der Waals surface area contributed by atoms with E-state index in [4.69, 9.17) is 9.47 Å². The molecule has 0 radical (unpaired) electrons. The van der Waals surface area contributed by atoms with Gasteiger partial charge in [-0.05, 0) is 66.4 Å². The van der Waals surface area contributed by atoms with Crippen LogP contribution in [0.5, 0.6) is 11.5 Å². The molecule has 0 amide bonds. The molecule has 208 valence electrons. The largest absolute Gasteiger partial charge is 0.454 e. The number of rotatable bonds is 5. The molecule has 2 aromatic heterocycles. The predicted octanol–water partition coefficient (Wildman–Crippen LogP) is 4.28. The van der Waals surface area contributed by atoms with Crippen LogP contribution in [0.2, 0.25) is 0 Å². The summed E-state index contributed by atoms with van der Waals surface area (Å²) in [7, 11) is 0. The van der Waals surface area contributed by atoms with Crippen molar-refractivity contribution in [1.29, 1.82) is 0 Å². The van der Waals surface area contributed by atoms with Crippen LogP contribution in [0.1, 0.15) is 66.7 Å². The summed E-state index contributed by atoms with van der Waals surface area (Å²) in [6.07, 6.45) is 5.71. The van der Waals surface area contributed by atoms with Gasteiger partial charge in [0.15, 0.2) is 17.3 Å². The van der Waals surface area contributed by atoms with Crippen LogP contribution in [0.15, 0.2) is 41.2 Å². The summed E-state index contributed by atoms with van der Waals surface area (Å²) in [4.78, 5) is 21.7. The third-order valence-electron chi connectivity index (χ3n) is 8.73. The van der Waals surface area contributed by atoms with Crippen molar-refractivity contribution in [3.63, 3.8) is 0 Å². The van der Waals surface area contributed by atoms with Crippen molar-refractivity contribution >= 4 is 16.6 Å². The Morgan fingerprint density at radius 3 is 2.52 bits per heavy atom. The van der Waals surface area contributed by atoms with Crippen molar-refractivity contribution in [2.75, 3.05) is 37.9 Å².